The third-order valence-corrected chi connectivity index (χ3v) is 5.84. The highest BCUT2D eigenvalue weighted by molar-refractivity contribution is 6.30. The summed E-state index contributed by atoms with van der Waals surface area (Å²) in [6.07, 6.45) is 1.42. The van der Waals surface area contributed by atoms with Crippen LogP contribution in [0.1, 0.15) is 12.5 Å². The van der Waals surface area contributed by atoms with E-state index in [-0.39, 0.29) is 10.6 Å². The van der Waals surface area contributed by atoms with Gasteiger partial charge in [-0.25, -0.2) is 9.97 Å². The predicted octanol–water partition coefficient (Wildman–Crippen LogP) is 4.83. The molecule has 8 nitrogen and oxygen atoms in total. The second-order valence-corrected chi connectivity index (χ2v) is 8.10. The van der Waals surface area contributed by atoms with Crippen LogP contribution in [0, 0.1) is 17.0 Å². The molecular formula is C23H25ClN6O2. The molecular weight excluding hydrogens is 428 g/mol. The van der Waals surface area contributed by atoms with Crippen LogP contribution < -0.4 is 14.7 Å². The number of rotatable bonds is 6. The number of nitro groups is 1. The Hall–Kier alpha value is -3.39. The summed E-state index contributed by atoms with van der Waals surface area (Å²) in [5.41, 5.74) is 2.93. The third kappa shape index (κ3) is 4.45. The van der Waals surface area contributed by atoms with Crippen LogP contribution in [0.4, 0.5) is 28.7 Å². The molecule has 2 aromatic carbocycles. The number of halogens is 1. The number of hydrogen-bond acceptors (Lipinski definition) is 7. The average molecular weight is 453 g/mol. The second kappa shape index (κ2) is 9.40. The molecule has 1 aliphatic rings. The first-order valence-electron chi connectivity index (χ1n) is 10.6. The Morgan fingerprint density at radius 3 is 2.44 bits per heavy atom. The van der Waals surface area contributed by atoms with Crippen LogP contribution in [0.2, 0.25) is 5.02 Å². The van der Waals surface area contributed by atoms with Gasteiger partial charge < -0.3 is 14.7 Å². The molecule has 0 bridgehead atoms. The summed E-state index contributed by atoms with van der Waals surface area (Å²) in [5.74, 6) is 0.669. The minimum absolute atomic E-state index is 0.0629. The summed E-state index contributed by atoms with van der Waals surface area (Å²) >= 11 is 6.13. The van der Waals surface area contributed by atoms with Crippen LogP contribution in [0.5, 0.6) is 0 Å². The fourth-order valence-electron chi connectivity index (χ4n) is 4.05. The maximum absolute atomic E-state index is 12.2. The topological polar surface area (TPSA) is 78.6 Å². The molecule has 32 heavy (non-hydrogen) atoms. The van der Waals surface area contributed by atoms with Crippen molar-refractivity contribution in [1.82, 2.24) is 9.97 Å². The normalized spacial score (nSPS) is 13.8. The van der Waals surface area contributed by atoms with Gasteiger partial charge in [0, 0.05) is 49.1 Å². The van der Waals surface area contributed by atoms with E-state index >= 15 is 0 Å². The van der Waals surface area contributed by atoms with Gasteiger partial charge in [-0.1, -0.05) is 29.8 Å². The van der Waals surface area contributed by atoms with Crippen LogP contribution in [0.3, 0.4) is 0 Å². The highest BCUT2D eigenvalue weighted by atomic mass is 35.5. The average Bonchev–Trinajstić information content (AvgIpc) is 2.79. The highest BCUT2D eigenvalue weighted by Gasteiger charge is 2.32. The number of aryl methyl sites for hydroxylation is 1. The van der Waals surface area contributed by atoms with Crippen molar-refractivity contribution in [2.24, 2.45) is 0 Å². The minimum atomic E-state index is -0.369. The van der Waals surface area contributed by atoms with Gasteiger partial charge in [0.15, 0.2) is 0 Å². The van der Waals surface area contributed by atoms with Gasteiger partial charge in [0.25, 0.3) is 0 Å². The summed E-state index contributed by atoms with van der Waals surface area (Å²) in [6, 6.07) is 15.6. The second-order valence-electron chi connectivity index (χ2n) is 7.66. The van der Waals surface area contributed by atoms with E-state index in [1.165, 1.54) is 6.33 Å². The van der Waals surface area contributed by atoms with Crippen LogP contribution in [0.25, 0.3) is 0 Å². The molecule has 1 aromatic heterocycles. The molecule has 2 heterocycles. The molecule has 4 rings (SSSR count). The van der Waals surface area contributed by atoms with Gasteiger partial charge in [-0.05, 0) is 49.7 Å². The Morgan fingerprint density at radius 1 is 1.06 bits per heavy atom. The van der Waals surface area contributed by atoms with Crippen LogP contribution in [-0.2, 0) is 0 Å². The first-order valence-corrected chi connectivity index (χ1v) is 10.9. The van der Waals surface area contributed by atoms with Gasteiger partial charge in [-0.2, -0.15) is 0 Å². The number of hydrogen-bond donors (Lipinski definition) is 0. The van der Waals surface area contributed by atoms with E-state index < -0.39 is 0 Å². The Balaban J connectivity index is 1.63. The molecule has 0 saturated carbocycles. The lowest BCUT2D eigenvalue weighted by Gasteiger charge is -2.36. The zero-order chi connectivity index (χ0) is 22.7. The SMILES string of the molecule is CCN(c1cccc(C)c1)c1ncnc(N2CCN(c3cccc(Cl)c3)CC2)c1[N+](=O)[O-]. The van der Waals surface area contributed by atoms with E-state index in [9.17, 15) is 10.1 Å². The van der Waals surface area contributed by atoms with E-state index in [1.807, 2.05) is 72.2 Å². The van der Waals surface area contributed by atoms with Crippen molar-refractivity contribution in [2.75, 3.05) is 47.4 Å². The van der Waals surface area contributed by atoms with Gasteiger partial charge in [-0.3, -0.25) is 10.1 Å². The van der Waals surface area contributed by atoms with Crippen LogP contribution >= 0.6 is 11.6 Å². The molecule has 1 aliphatic heterocycles. The first kappa shape index (κ1) is 21.8. The number of aromatic nitrogens is 2. The van der Waals surface area contributed by atoms with Crippen molar-refractivity contribution in [1.29, 1.82) is 0 Å². The maximum atomic E-state index is 12.2. The van der Waals surface area contributed by atoms with Crippen molar-refractivity contribution in [2.45, 2.75) is 13.8 Å². The Morgan fingerprint density at radius 2 is 1.78 bits per heavy atom. The van der Waals surface area contributed by atoms with Crippen molar-refractivity contribution in [3.8, 4) is 0 Å². The lowest BCUT2D eigenvalue weighted by Crippen LogP contribution is -2.47. The summed E-state index contributed by atoms with van der Waals surface area (Å²) < 4.78 is 0. The molecule has 9 heteroatoms. The number of benzene rings is 2. The fourth-order valence-corrected chi connectivity index (χ4v) is 4.24. The summed E-state index contributed by atoms with van der Waals surface area (Å²) in [6.45, 7) is 7.15. The summed E-state index contributed by atoms with van der Waals surface area (Å²) in [4.78, 5) is 26.5. The van der Waals surface area contributed by atoms with Crippen molar-refractivity contribution < 1.29 is 4.92 Å². The Bertz CT molecular complexity index is 1120. The fraction of sp³-hybridized carbons (Fsp3) is 0.304. The Kier molecular flexibility index (Phi) is 6.41. The van der Waals surface area contributed by atoms with Crippen molar-refractivity contribution in [3.05, 3.63) is 75.6 Å². The zero-order valence-corrected chi connectivity index (χ0v) is 18.9. The Labute approximate surface area is 192 Å². The maximum Gasteiger partial charge on any atom is 0.353 e. The van der Waals surface area contributed by atoms with Gasteiger partial charge in [0.05, 0.1) is 4.92 Å². The molecule has 1 fully saturated rings. The summed E-state index contributed by atoms with van der Waals surface area (Å²) in [5, 5.41) is 12.9. The van der Waals surface area contributed by atoms with Gasteiger partial charge in [0.1, 0.15) is 6.33 Å². The van der Waals surface area contributed by atoms with E-state index in [2.05, 4.69) is 14.9 Å². The molecule has 0 atom stereocenters. The molecule has 0 radical (unpaired) electrons. The number of nitrogens with zero attached hydrogens (tertiary/aromatic N) is 6. The molecule has 3 aromatic rings. The molecule has 0 spiro atoms. The van der Waals surface area contributed by atoms with Crippen LogP contribution in [0.15, 0.2) is 54.9 Å². The molecule has 0 N–H and O–H groups in total. The highest BCUT2D eigenvalue weighted by Crippen LogP contribution is 2.38. The minimum Gasteiger partial charge on any atom is -0.368 e. The van der Waals surface area contributed by atoms with E-state index in [1.54, 1.807) is 0 Å². The predicted molar refractivity (Wildman–Crippen MR) is 128 cm³/mol. The monoisotopic (exact) mass is 452 g/mol. The van der Waals surface area contributed by atoms with Gasteiger partial charge in [-0.15, -0.1) is 0 Å². The standard InChI is InChI=1S/C23H25ClN6O2/c1-3-29(20-9-4-6-17(2)14-20)23-21(30(31)32)22(25-16-26-23)28-12-10-27(11-13-28)19-8-5-7-18(24)15-19/h4-9,14-16H,3,10-13H2,1-2H3. The zero-order valence-electron chi connectivity index (χ0n) is 18.1. The molecule has 0 amide bonds. The van der Waals surface area contributed by atoms with E-state index in [0.29, 0.717) is 49.4 Å². The molecule has 0 unspecified atom stereocenters. The molecule has 1 saturated heterocycles. The largest absolute Gasteiger partial charge is 0.368 e. The third-order valence-electron chi connectivity index (χ3n) is 5.60. The summed E-state index contributed by atoms with van der Waals surface area (Å²) in [7, 11) is 0. The van der Waals surface area contributed by atoms with Gasteiger partial charge >= 0.3 is 5.69 Å². The molecule has 0 aliphatic carbocycles. The quantitative estimate of drug-likeness (QED) is 0.391. The lowest BCUT2D eigenvalue weighted by atomic mass is 10.2. The van der Waals surface area contributed by atoms with Crippen molar-refractivity contribution >= 4 is 40.3 Å². The molecule has 166 valence electrons. The first-order chi connectivity index (χ1) is 15.5. The van der Waals surface area contributed by atoms with Crippen molar-refractivity contribution in [3.63, 3.8) is 0 Å². The van der Waals surface area contributed by atoms with E-state index in [0.717, 1.165) is 16.9 Å². The lowest BCUT2D eigenvalue weighted by molar-refractivity contribution is -0.383. The number of piperazine rings is 1. The van der Waals surface area contributed by atoms with Crippen LogP contribution in [-0.4, -0.2) is 47.6 Å². The number of anilines is 4. The van der Waals surface area contributed by atoms with Gasteiger partial charge in [0.2, 0.25) is 11.6 Å². The smallest absolute Gasteiger partial charge is 0.353 e. The van der Waals surface area contributed by atoms with E-state index in [4.69, 9.17) is 11.6 Å².